The molecule has 2 heterocycles. The molecule has 0 aliphatic heterocycles. The Labute approximate surface area is 170 Å². The quantitative estimate of drug-likeness (QED) is 0.457. The molecule has 0 aliphatic carbocycles. The predicted molar refractivity (Wildman–Crippen MR) is 108 cm³/mol. The summed E-state index contributed by atoms with van der Waals surface area (Å²) >= 11 is 0. The summed E-state index contributed by atoms with van der Waals surface area (Å²) in [5.74, 6) is 1.05. The van der Waals surface area contributed by atoms with Crippen molar-refractivity contribution in [3.8, 4) is 17.0 Å². The van der Waals surface area contributed by atoms with Crippen LogP contribution >= 0.6 is 0 Å². The first kappa shape index (κ1) is 20.0. The van der Waals surface area contributed by atoms with E-state index in [2.05, 4.69) is 15.3 Å². The van der Waals surface area contributed by atoms with Crippen molar-refractivity contribution in [1.29, 1.82) is 0 Å². The Hall–Kier alpha value is -3.33. The molecule has 30 heavy (non-hydrogen) atoms. The number of aliphatic hydroxyl groups excluding tert-OH is 1. The van der Waals surface area contributed by atoms with E-state index in [1.165, 1.54) is 6.07 Å². The first-order valence-corrected chi connectivity index (χ1v) is 9.30. The van der Waals surface area contributed by atoms with Gasteiger partial charge in [0.2, 0.25) is 0 Å². The number of ether oxygens (including phenoxy) is 1. The summed E-state index contributed by atoms with van der Waals surface area (Å²) in [5, 5.41) is 12.1. The van der Waals surface area contributed by atoms with E-state index in [1.54, 1.807) is 29.8 Å². The lowest BCUT2D eigenvalue weighted by molar-refractivity contribution is -0.137. The van der Waals surface area contributed by atoms with Crippen molar-refractivity contribution in [2.45, 2.75) is 12.6 Å². The number of anilines is 1. The Morgan fingerprint density at radius 3 is 2.57 bits per heavy atom. The molecule has 0 atom stereocenters. The first-order chi connectivity index (χ1) is 14.4. The van der Waals surface area contributed by atoms with E-state index in [4.69, 9.17) is 9.84 Å². The summed E-state index contributed by atoms with van der Waals surface area (Å²) in [6.45, 7) is 0.398. The maximum Gasteiger partial charge on any atom is 0.416 e. The molecule has 0 spiro atoms. The number of benzene rings is 2. The van der Waals surface area contributed by atoms with Crippen molar-refractivity contribution in [2.75, 3.05) is 25.6 Å². The standard InChI is InChI=1S/C21H19F3N4O2/c1-30-15-6-3-13(4-7-15)18-12-26-20-19(25-9-2-10-29)27-16-11-14(21(22,23)24)5-8-17(16)28(18)20/h3-8,11-12,29H,2,9-10H2,1H3,(H,25,27). The number of nitrogens with zero attached hydrogens (tertiary/aromatic N) is 3. The number of hydrogen-bond donors (Lipinski definition) is 2. The Kier molecular flexibility index (Phi) is 5.21. The minimum Gasteiger partial charge on any atom is -0.497 e. The number of fused-ring (bicyclic) bond motifs is 3. The maximum absolute atomic E-state index is 13.2. The average molecular weight is 416 g/mol. The number of methoxy groups -OCH3 is 1. The van der Waals surface area contributed by atoms with Gasteiger partial charge in [-0.25, -0.2) is 9.97 Å². The Morgan fingerprint density at radius 2 is 1.90 bits per heavy atom. The molecule has 2 aromatic heterocycles. The van der Waals surface area contributed by atoms with Gasteiger partial charge in [0.05, 0.1) is 35.6 Å². The van der Waals surface area contributed by atoms with E-state index >= 15 is 0 Å². The molecule has 0 unspecified atom stereocenters. The van der Waals surface area contributed by atoms with Crippen molar-refractivity contribution in [2.24, 2.45) is 0 Å². The van der Waals surface area contributed by atoms with Crippen LogP contribution in [0.2, 0.25) is 0 Å². The SMILES string of the molecule is COc1ccc(-c2cnc3c(NCCCO)nc4cc(C(F)(F)F)ccc4n23)cc1. The van der Waals surface area contributed by atoms with Gasteiger partial charge in [0.1, 0.15) is 5.75 Å². The van der Waals surface area contributed by atoms with Crippen LogP contribution in [0.25, 0.3) is 27.9 Å². The highest BCUT2D eigenvalue weighted by molar-refractivity contribution is 5.86. The lowest BCUT2D eigenvalue weighted by atomic mass is 10.1. The third kappa shape index (κ3) is 3.63. The lowest BCUT2D eigenvalue weighted by Gasteiger charge is -2.13. The van der Waals surface area contributed by atoms with Gasteiger partial charge in [-0.2, -0.15) is 13.2 Å². The minimum atomic E-state index is -4.47. The molecule has 0 radical (unpaired) electrons. The maximum atomic E-state index is 13.2. The summed E-state index contributed by atoms with van der Waals surface area (Å²) in [6, 6.07) is 10.8. The highest BCUT2D eigenvalue weighted by Gasteiger charge is 2.31. The van der Waals surface area contributed by atoms with Crippen LogP contribution in [-0.2, 0) is 6.18 Å². The molecule has 0 fully saturated rings. The Morgan fingerprint density at radius 1 is 1.13 bits per heavy atom. The van der Waals surface area contributed by atoms with Crippen molar-refractivity contribution < 1.29 is 23.0 Å². The van der Waals surface area contributed by atoms with Crippen molar-refractivity contribution in [1.82, 2.24) is 14.4 Å². The van der Waals surface area contributed by atoms with Crippen LogP contribution in [0.3, 0.4) is 0 Å². The van der Waals surface area contributed by atoms with Crippen LogP contribution < -0.4 is 10.1 Å². The number of imidazole rings is 1. The predicted octanol–water partition coefficient (Wildman–Crippen LogP) is 4.37. The number of aromatic nitrogens is 3. The van der Waals surface area contributed by atoms with Crippen LogP contribution in [0.1, 0.15) is 12.0 Å². The molecule has 4 rings (SSSR count). The summed E-state index contributed by atoms with van der Waals surface area (Å²) < 4.78 is 46.7. The number of rotatable bonds is 6. The highest BCUT2D eigenvalue weighted by atomic mass is 19.4. The van der Waals surface area contributed by atoms with E-state index in [0.717, 1.165) is 17.7 Å². The molecule has 0 saturated heterocycles. The summed E-state index contributed by atoms with van der Waals surface area (Å²) in [7, 11) is 1.57. The zero-order valence-electron chi connectivity index (χ0n) is 16.1. The second-order valence-corrected chi connectivity index (χ2v) is 6.70. The highest BCUT2D eigenvalue weighted by Crippen LogP contribution is 2.34. The number of hydrogen-bond acceptors (Lipinski definition) is 5. The molecule has 0 bridgehead atoms. The average Bonchev–Trinajstić information content (AvgIpc) is 3.18. The summed E-state index contributed by atoms with van der Waals surface area (Å²) in [4.78, 5) is 8.85. The van der Waals surface area contributed by atoms with Gasteiger partial charge in [-0.05, 0) is 48.9 Å². The summed E-state index contributed by atoms with van der Waals surface area (Å²) in [6.07, 6.45) is -2.34. The van der Waals surface area contributed by atoms with E-state index < -0.39 is 11.7 Å². The molecule has 2 N–H and O–H groups in total. The number of nitrogens with one attached hydrogen (secondary N) is 1. The van der Waals surface area contributed by atoms with E-state index in [0.29, 0.717) is 41.4 Å². The van der Waals surface area contributed by atoms with E-state index in [1.807, 2.05) is 12.1 Å². The normalized spacial score (nSPS) is 11.9. The Balaban J connectivity index is 1.95. The summed E-state index contributed by atoms with van der Waals surface area (Å²) in [5.41, 5.74) is 1.97. The van der Waals surface area contributed by atoms with E-state index in [-0.39, 0.29) is 12.1 Å². The van der Waals surface area contributed by atoms with E-state index in [9.17, 15) is 13.2 Å². The van der Waals surface area contributed by atoms with Crippen LogP contribution in [0, 0.1) is 0 Å². The smallest absolute Gasteiger partial charge is 0.416 e. The second kappa shape index (κ2) is 7.83. The number of aliphatic hydroxyl groups is 1. The molecular weight excluding hydrogens is 397 g/mol. The molecule has 2 aromatic carbocycles. The molecule has 6 nitrogen and oxygen atoms in total. The fourth-order valence-electron chi connectivity index (χ4n) is 3.28. The molecule has 4 aromatic rings. The molecule has 156 valence electrons. The first-order valence-electron chi connectivity index (χ1n) is 9.30. The van der Waals surface area contributed by atoms with Crippen LogP contribution in [0.4, 0.5) is 19.0 Å². The van der Waals surface area contributed by atoms with Crippen LogP contribution in [0.15, 0.2) is 48.7 Å². The largest absolute Gasteiger partial charge is 0.497 e. The van der Waals surface area contributed by atoms with Crippen molar-refractivity contribution >= 4 is 22.5 Å². The number of alkyl halides is 3. The van der Waals surface area contributed by atoms with Crippen LogP contribution in [-0.4, -0.2) is 39.7 Å². The number of halogens is 3. The zero-order chi connectivity index (χ0) is 21.3. The van der Waals surface area contributed by atoms with Gasteiger partial charge in [-0.15, -0.1) is 0 Å². The lowest BCUT2D eigenvalue weighted by Crippen LogP contribution is -2.09. The molecule has 0 saturated carbocycles. The van der Waals surface area contributed by atoms with Gasteiger partial charge >= 0.3 is 6.18 Å². The van der Waals surface area contributed by atoms with Crippen molar-refractivity contribution in [3.05, 3.63) is 54.2 Å². The van der Waals surface area contributed by atoms with Crippen LogP contribution in [0.5, 0.6) is 5.75 Å². The van der Waals surface area contributed by atoms with Crippen molar-refractivity contribution in [3.63, 3.8) is 0 Å². The van der Waals surface area contributed by atoms with Gasteiger partial charge in [0.15, 0.2) is 11.5 Å². The van der Waals surface area contributed by atoms with Gasteiger partial charge in [-0.3, -0.25) is 4.40 Å². The molecular formula is C21H19F3N4O2. The molecule has 0 aliphatic rings. The Bertz CT molecular complexity index is 1190. The zero-order valence-corrected chi connectivity index (χ0v) is 16.1. The third-order valence-corrected chi connectivity index (χ3v) is 4.76. The van der Waals surface area contributed by atoms with Gasteiger partial charge < -0.3 is 15.2 Å². The second-order valence-electron chi connectivity index (χ2n) is 6.70. The van der Waals surface area contributed by atoms with Gasteiger partial charge in [-0.1, -0.05) is 0 Å². The molecule has 0 amide bonds. The topological polar surface area (TPSA) is 71.7 Å². The molecule has 9 heteroatoms. The van der Waals surface area contributed by atoms with Gasteiger partial charge in [0, 0.05) is 18.7 Å². The van der Waals surface area contributed by atoms with Gasteiger partial charge in [0.25, 0.3) is 0 Å². The monoisotopic (exact) mass is 416 g/mol. The minimum absolute atomic E-state index is 0.0133. The fourth-order valence-corrected chi connectivity index (χ4v) is 3.28. The fraction of sp³-hybridized carbons (Fsp3) is 0.238. The third-order valence-electron chi connectivity index (χ3n) is 4.76.